The monoisotopic (exact) mass is 471 g/mol. The van der Waals surface area contributed by atoms with Crippen LogP contribution in [0.2, 0.25) is 0 Å². The van der Waals surface area contributed by atoms with Crippen LogP contribution < -0.4 is 0 Å². The van der Waals surface area contributed by atoms with Crippen molar-refractivity contribution in [3.05, 3.63) is 36.0 Å². The Morgan fingerprint density at radius 3 is 2.59 bits per heavy atom. The van der Waals surface area contributed by atoms with Gasteiger partial charge in [-0.3, -0.25) is 4.79 Å². The molecule has 1 aliphatic rings. The molecule has 34 heavy (non-hydrogen) atoms. The molecule has 2 amide bonds. The van der Waals surface area contributed by atoms with Crippen molar-refractivity contribution in [1.82, 2.24) is 14.4 Å². The number of aryl methyl sites for hydroxylation is 1. The summed E-state index contributed by atoms with van der Waals surface area (Å²) in [6.07, 6.45) is 3.29. The van der Waals surface area contributed by atoms with Gasteiger partial charge in [0.15, 0.2) is 0 Å². The zero-order chi connectivity index (χ0) is 24.9. The molecule has 0 unspecified atom stereocenters. The van der Waals surface area contributed by atoms with Crippen LogP contribution in [-0.4, -0.2) is 70.9 Å². The SMILES string of the molecule is COCCCCn1c(C(=O)N(C(C)C)[C@@H]2CCCN(C(=O)OC(C)(C)C)C2)cc2ccccc21. The summed E-state index contributed by atoms with van der Waals surface area (Å²) in [5.74, 6) is 0.0222. The molecule has 188 valence electrons. The molecule has 7 heteroatoms. The number of carbonyl (C=O) groups excluding carboxylic acids is 2. The number of fused-ring (bicyclic) bond motifs is 1. The van der Waals surface area contributed by atoms with Gasteiger partial charge in [-0.1, -0.05) is 18.2 Å². The molecule has 1 aromatic heterocycles. The zero-order valence-corrected chi connectivity index (χ0v) is 21.7. The average Bonchev–Trinajstić information content (AvgIpc) is 3.14. The van der Waals surface area contributed by atoms with Gasteiger partial charge in [-0.15, -0.1) is 0 Å². The van der Waals surface area contributed by atoms with E-state index in [4.69, 9.17) is 9.47 Å². The molecule has 0 bridgehead atoms. The number of piperidine rings is 1. The molecule has 2 heterocycles. The number of hydrogen-bond acceptors (Lipinski definition) is 4. The van der Waals surface area contributed by atoms with Crippen LogP contribution in [-0.2, 0) is 16.0 Å². The van der Waals surface area contributed by atoms with Crippen LogP contribution in [0.3, 0.4) is 0 Å². The molecule has 2 aromatic rings. The number of para-hydroxylation sites is 1. The minimum Gasteiger partial charge on any atom is -0.444 e. The van der Waals surface area contributed by atoms with Crippen molar-refractivity contribution in [1.29, 1.82) is 0 Å². The van der Waals surface area contributed by atoms with Crippen molar-refractivity contribution in [3.8, 4) is 0 Å². The third-order valence-electron chi connectivity index (χ3n) is 6.24. The number of amides is 2. The first-order chi connectivity index (χ1) is 16.1. The summed E-state index contributed by atoms with van der Waals surface area (Å²) in [4.78, 5) is 30.5. The smallest absolute Gasteiger partial charge is 0.410 e. The first-order valence-electron chi connectivity index (χ1n) is 12.5. The number of benzene rings is 1. The molecule has 3 rings (SSSR count). The highest BCUT2D eigenvalue weighted by molar-refractivity contribution is 5.99. The van der Waals surface area contributed by atoms with Crippen molar-refractivity contribution in [2.75, 3.05) is 26.8 Å². The molecular formula is C27H41N3O4. The number of hydrogen-bond donors (Lipinski definition) is 0. The third-order valence-corrected chi connectivity index (χ3v) is 6.24. The summed E-state index contributed by atoms with van der Waals surface area (Å²) >= 11 is 0. The fraction of sp³-hybridized carbons (Fsp3) is 0.630. The highest BCUT2D eigenvalue weighted by Gasteiger charge is 2.35. The Morgan fingerprint density at radius 1 is 1.18 bits per heavy atom. The lowest BCUT2D eigenvalue weighted by molar-refractivity contribution is 0.00733. The molecule has 1 aromatic carbocycles. The van der Waals surface area contributed by atoms with Gasteiger partial charge in [0, 0.05) is 50.3 Å². The number of likely N-dealkylation sites (tertiary alicyclic amines) is 1. The summed E-state index contributed by atoms with van der Waals surface area (Å²) in [5.41, 5.74) is 1.24. The van der Waals surface area contributed by atoms with Gasteiger partial charge in [0.25, 0.3) is 5.91 Å². The summed E-state index contributed by atoms with van der Waals surface area (Å²) in [6.45, 7) is 12.4. The largest absolute Gasteiger partial charge is 0.444 e. The van der Waals surface area contributed by atoms with Gasteiger partial charge in [0.1, 0.15) is 11.3 Å². The molecule has 7 nitrogen and oxygen atoms in total. The van der Waals surface area contributed by atoms with Crippen LogP contribution >= 0.6 is 0 Å². The number of unbranched alkanes of at least 4 members (excludes halogenated alkanes) is 1. The number of aromatic nitrogens is 1. The first-order valence-corrected chi connectivity index (χ1v) is 12.5. The molecule has 1 aliphatic heterocycles. The fourth-order valence-corrected chi connectivity index (χ4v) is 4.77. The molecule has 1 saturated heterocycles. The summed E-state index contributed by atoms with van der Waals surface area (Å²) in [5, 5.41) is 1.07. The van der Waals surface area contributed by atoms with Gasteiger partial charge in [-0.05, 0) is 72.4 Å². The van der Waals surface area contributed by atoms with Crippen molar-refractivity contribution in [2.24, 2.45) is 0 Å². The quantitative estimate of drug-likeness (QED) is 0.489. The van der Waals surface area contributed by atoms with Crippen LogP contribution in [0, 0.1) is 0 Å². The van der Waals surface area contributed by atoms with Gasteiger partial charge in [0.2, 0.25) is 0 Å². The molecule has 0 N–H and O–H groups in total. The van der Waals surface area contributed by atoms with Gasteiger partial charge in [-0.2, -0.15) is 0 Å². The normalized spacial score (nSPS) is 16.8. The maximum Gasteiger partial charge on any atom is 0.410 e. The van der Waals surface area contributed by atoms with E-state index in [9.17, 15) is 9.59 Å². The van der Waals surface area contributed by atoms with Crippen LogP contribution in [0.1, 0.15) is 70.8 Å². The van der Waals surface area contributed by atoms with E-state index < -0.39 is 5.60 Å². The summed E-state index contributed by atoms with van der Waals surface area (Å²) in [7, 11) is 1.71. The Morgan fingerprint density at radius 2 is 1.91 bits per heavy atom. The van der Waals surface area contributed by atoms with Gasteiger partial charge in [0.05, 0.1) is 6.04 Å². The molecule has 0 saturated carbocycles. The molecule has 0 spiro atoms. The van der Waals surface area contributed by atoms with Crippen molar-refractivity contribution in [3.63, 3.8) is 0 Å². The maximum absolute atomic E-state index is 14.0. The Labute approximate surface area is 204 Å². The van der Waals surface area contributed by atoms with E-state index in [2.05, 4.69) is 30.5 Å². The predicted octanol–water partition coefficient (Wildman–Crippen LogP) is 5.32. The second kappa shape index (κ2) is 11.3. The number of carbonyl (C=O) groups is 2. The van der Waals surface area contributed by atoms with E-state index in [1.165, 1.54) is 0 Å². The number of rotatable bonds is 8. The van der Waals surface area contributed by atoms with Crippen molar-refractivity contribution >= 4 is 22.9 Å². The second-order valence-corrected chi connectivity index (χ2v) is 10.5. The Balaban J connectivity index is 1.86. The Kier molecular flexibility index (Phi) is 8.63. The molecule has 0 aliphatic carbocycles. The topological polar surface area (TPSA) is 64.0 Å². The van der Waals surface area contributed by atoms with Gasteiger partial charge >= 0.3 is 6.09 Å². The third kappa shape index (κ3) is 6.32. The van der Waals surface area contributed by atoms with E-state index in [-0.39, 0.29) is 24.1 Å². The minimum absolute atomic E-state index is 0.0102. The van der Waals surface area contributed by atoms with Crippen LogP contribution in [0.4, 0.5) is 4.79 Å². The van der Waals surface area contributed by atoms with Gasteiger partial charge < -0.3 is 23.8 Å². The zero-order valence-electron chi connectivity index (χ0n) is 21.7. The Bertz CT molecular complexity index is 976. The minimum atomic E-state index is -0.540. The average molecular weight is 472 g/mol. The lowest BCUT2D eigenvalue weighted by atomic mass is 10.0. The van der Waals surface area contributed by atoms with Gasteiger partial charge in [-0.25, -0.2) is 4.79 Å². The lowest BCUT2D eigenvalue weighted by Gasteiger charge is -2.41. The molecule has 1 fully saturated rings. The standard InChI is InChI=1S/C27H41N3O4/c1-20(2)30(22-13-11-15-28(19-22)26(32)34-27(3,4)5)25(31)24-18-21-12-7-8-14-23(21)29(24)16-9-10-17-33-6/h7-8,12,14,18,20,22H,9-11,13,15-17,19H2,1-6H3/t22-/m1/s1. The number of ether oxygens (including phenoxy) is 2. The fourth-order valence-electron chi connectivity index (χ4n) is 4.77. The molecule has 1 atom stereocenters. The second-order valence-electron chi connectivity index (χ2n) is 10.5. The summed E-state index contributed by atoms with van der Waals surface area (Å²) < 4.78 is 13.0. The molecule has 0 radical (unpaired) electrons. The lowest BCUT2D eigenvalue weighted by Crippen LogP contribution is -2.54. The van der Waals surface area contributed by atoms with E-state index in [1.54, 1.807) is 12.0 Å². The molecular weight excluding hydrogens is 430 g/mol. The maximum atomic E-state index is 14.0. The number of methoxy groups -OCH3 is 1. The number of nitrogens with zero attached hydrogens (tertiary/aromatic N) is 3. The van der Waals surface area contributed by atoms with Crippen molar-refractivity contribution < 1.29 is 19.1 Å². The van der Waals surface area contributed by atoms with Crippen LogP contribution in [0.5, 0.6) is 0 Å². The predicted molar refractivity (Wildman–Crippen MR) is 135 cm³/mol. The van der Waals surface area contributed by atoms with Crippen molar-refractivity contribution in [2.45, 2.75) is 84.5 Å². The van der Waals surface area contributed by atoms with E-state index in [0.29, 0.717) is 25.4 Å². The highest BCUT2D eigenvalue weighted by atomic mass is 16.6. The van der Waals surface area contributed by atoms with E-state index >= 15 is 0 Å². The summed E-state index contributed by atoms with van der Waals surface area (Å²) in [6, 6.07) is 10.1. The first kappa shape index (κ1) is 26.1. The Hall–Kier alpha value is -2.54. The van der Waals surface area contributed by atoms with E-state index in [0.717, 1.165) is 43.1 Å². The van der Waals surface area contributed by atoms with E-state index in [1.807, 2.05) is 43.9 Å². The van der Waals surface area contributed by atoms with Crippen LogP contribution in [0.15, 0.2) is 30.3 Å². The highest BCUT2D eigenvalue weighted by Crippen LogP contribution is 2.26. The van der Waals surface area contributed by atoms with Crippen LogP contribution in [0.25, 0.3) is 10.9 Å².